The molecule has 0 saturated carbocycles. The van der Waals surface area contributed by atoms with Crippen LogP contribution in [-0.4, -0.2) is 30.8 Å². The lowest BCUT2D eigenvalue weighted by Crippen LogP contribution is -2.03. The van der Waals surface area contributed by atoms with E-state index >= 15 is 0 Å². The van der Waals surface area contributed by atoms with E-state index in [1.54, 1.807) is 0 Å². The van der Waals surface area contributed by atoms with Crippen LogP contribution in [0, 0.1) is 0 Å². The van der Waals surface area contributed by atoms with E-state index in [2.05, 4.69) is 15.1 Å². The molecular weight excluding hydrogens is 384 g/mol. The summed E-state index contributed by atoms with van der Waals surface area (Å²) in [7, 11) is 0. The first-order chi connectivity index (χ1) is 14.7. The molecule has 2 heterocycles. The monoisotopic (exact) mass is 402 g/mol. The molecule has 2 aromatic heterocycles. The van der Waals surface area contributed by atoms with Gasteiger partial charge in [-0.15, -0.1) is 0 Å². The van der Waals surface area contributed by atoms with Crippen molar-refractivity contribution in [3.8, 4) is 17.4 Å². The number of carboxylic acid groups (broad SMARTS) is 1. The molecule has 0 radical (unpaired) electrons. The molecule has 8 nitrogen and oxygen atoms in total. The van der Waals surface area contributed by atoms with Crippen LogP contribution in [0.4, 0.5) is 0 Å². The maximum absolute atomic E-state index is 10.9. The van der Waals surface area contributed by atoms with Crippen molar-refractivity contribution in [1.82, 2.24) is 19.7 Å². The lowest BCUT2D eigenvalue weighted by Gasteiger charge is -2.09. The SMILES string of the molecule is O=C(O)c1cnn(-c2ncc(OCc3cccc(OCc4ccccc4)c3)cn2)c1. The summed E-state index contributed by atoms with van der Waals surface area (Å²) in [4.78, 5) is 19.3. The van der Waals surface area contributed by atoms with Crippen LogP contribution in [0.15, 0.2) is 79.4 Å². The van der Waals surface area contributed by atoms with Gasteiger partial charge in [-0.25, -0.2) is 19.4 Å². The fourth-order valence-corrected chi connectivity index (χ4v) is 2.68. The Kier molecular flexibility index (Phi) is 5.66. The van der Waals surface area contributed by atoms with Gasteiger partial charge in [0.05, 0.1) is 24.2 Å². The molecule has 0 aliphatic rings. The largest absolute Gasteiger partial charge is 0.489 e. The summed E-state index contributed by atoms with van der Waals surface area (Å²) >= 11 is 0. The normalized spacial score (nSPS) is 10.5. The Morgan fingerprint density at radius 3 is 2.30 bits per heavy atom. The number of carbonyl (C=O) groups is 1. The Morgan fingerprint density at radius 2 is 1.57 bits per heavy atom. The van der Waals surface area contributed by atoms with Crippen molar-refractivity contribution in [3.63, 3.8) is 0 Å². The van der Waals surface area contributed by atoms with Gasteiger partial charge in [-0.05, 0) is 23.3 Å². The van der Waals surface area contributed by atoms with Gasteiger partial charge in [-0.3, -0.25) is 0 Å². The number of rotatable bonds is 8. The fourth-order valence-electron chi connectivity index (χ4n) is 2.68. The van der Waals surface area contributed by atoms with Gasteiger partial charge in [0.15, 0.2) is 5.75 Å². The Balaban J connectivity index is 1.34. The molecule has 0 fully saturated rings. The van der Waals surface area contributed by atoms with E-state index in [-0.39, 0.29) is 11.5 Å². The van der Waals surface area contributed by atoms with E-state index in [4.69, 9.17) is 14.6 Å². The summed E-state index contributed by atoms with van der Waals surface area (Å²) in [6.45, 7) is 0.827. The topological polar surface area (TPSA) is 99.4 Å². The van der Waals surface area contributed by atoms with Gasteiger partial charge in [-0.2, -0.15) is 5.10 Å². The van der Waals surface area contributed by atoms with Crippen molar-refractivity contribution < 1.29 is 19.4 Å². The third kappa shape index (κ3) is 4.79. The highest BCUT2D eigenvalue weighted by Gasteiger charge is 2.09. The van der Waals surface area contributed by atoms with E-state index in [1.807, 2.05) is 54.6 Å². The van der Waals surface area contributed by atoms with Crippen LogP contribution >= 0.6 is 0 Å². The van der Waals surface area contributed by atoms with E-state index in [9.17, 15) is 4.79 Å². The average Bonchev–Trinajstić information content (AvgIpc) is 3.28. The molecule has 1 N–H and O–H groups in total. The molecule has 2 aromatic carbocycles. The van der Waals surface area contributed by atoms with Gasteiger partial charge in [0.2, 0.25) is 0 Å². The number of aromatic nitrogens is 4. The van der Waals surface area contributed by atoms with Crippen molar-refractivity contribution in [1.29, 1.82) is 0 Å². The summed E-state index contributed by atoms with van der Waals surface area (Å²) in [6.07, 6.45) is 5.61. The summed E-state index contributed by atoms with van der Waals surface area (Å²) in [5, 5.41) is 12.9. The van der Waals surface area contributed by atoms with Gasteiger partial charge in [-0.1, -0.05) is 42.5 Å². The molecule has 0 amide bonds. The Hall–Kier alpha value is -4.20. The highest BCUT2D eigenvalue weighted by molar-refractivity contribution is 5.86. The molecule has 0 aliphatic carbocycles. The van der Waals surface area contributed by atoms with E-state index in [0.29, 0.717) is 19.0 Å². The van der Waals surface area contributed by atoms with Crippen molar-refractivity contribution in [2.45, 2.75) is 13.2 Å². The number of benzene rings is 2. The molecule has 0 spiro atoms. The van der Waals surface area contributed by atoms with Gasteiger partial charge in [0.1, 0.15) is 19.0 Å². The van der Waals surface area contributed by atoms with Gasteiger partial charge < -0.3 is 14.6 Å². The second kappa shape index (κ2) is 8.87. The Morgan fingerprint density at radius 1 is 0.867 bits per heavy atom. The fraction of sp³-hybridized carbons (Fsp3) is 0.0909. The van der Waals surface area contributed by atoms with Crippen LogP contribution in [0.1, 0.15) is 21.5 Å². The number of carboxylic acids is 1. The van der Waals surface area contributed by atoms with Gasteiger partial charge in [0, 0.05) is 6.20 Å². The van der Waals surface area contributed by atoms with Crippen molar-refractivity contribution in [3.05, 3.63) is 96.1 Å². The van der Waals surface area contributed by atoms with Crippen molar-refractivity contribution in [2.24, 2.45) is 0 Å². The lowest BCUT2D eigenvalue weighted by molar-refractivity contribution is 0.0697. The van der Waals surface area contributed by atoms with Crippen molar-refractivity contribution >= 4 is 5.97 Å². The van der Waals surface area contributed by atoms with Gasteiger partial charge >= 0.3 is 5.97 Å². The maximum atomic E-state index is 10.9. The minimum absolute atomic E-state index is 0.0632. The maximum Gasteiger partial charge on any atom is 0.338 e. The smallest absolute Gasteiger partial charge is 0.338 e. The Bertz CT molecular complexity index is 1130. The zero-order chi connectivity index (χ0) is 20.8. The quantitative estimate of drug-likeness (QED) is 0.481. The second-order valence-corrected chi connectivity index (χ2v) is 6.41. The number of hydrogen-bond donors (Lipinski definition) is 1. The number of ether oxygens (including phenoxy) is 2. The molecule has 8 heteroatoms. The molecule has 0 atom stereocenters. The first kappa shape index (κ1) is 19.1. The minimum atomic E-state index is -1.06. The molecule has 30 heavy (non-hydrogen) atoms. The van der Waals surface area contributed by atoms with Crippen LogP contribution in [0.2, 0.25) is 0 Å². The standard InChI is InChI=1S/C22H18N4O4/c27-21(28)18-10-25-26(13-18)22-23-11-20(12-24-22)30-15-17-7-4-8-19(9-17)29-14-16-5-2-1-3-6-16/h1-13H,14-15H2,(H,27,28). The summed E-state index contributed by atoms with van der Waals surface area (Å²) in [5.74, 6) is 0.446. The van der Waals surface area contributed by atoms with Crippen LogP contribution < -0.4 is 9.47 Å². The molecule has 150 valence electrons. The predicted molar refractivity (Wildman–Crippen MR) is 108 cm³/mol. The molecule has 4 rings (SSSR count). The molecular formula is C22H18N4O4. The third-order valence-corrected chi connectivity index (χ3v) is 4.20. The van der Waals surface area contributed by atoms with Gasteiger partial charge in [0.25, 0.3) is 5.95 Å². The second-order valence-electron chi connectivity index (χ2n) is 6.41. The van der Waals surface area contributed by atoms with Crippen LogP contribution in [0.3, 0.4) is 0 Å². The summed E-state index contributed by atoms with van der Waals surface area (Å²) in [6, 6.07) is 17.7. The molecule has 4 aromatic rings. The predicted octanol–water partition coefficient (Wildman–Crippen LogP) is 3.52. The molecule has 0 bridgehead atoms. The highest BCUT2D eigenvalue weighted by Crippen LogP contribution is 2.17. The summed E-state index contributed by atoms with van der Waals surface area (Å²) < 4.78 is 12.9. The Labute approximate surface area is 172 Å². The third-order valence-electron chi connectivity index (χ3n) is 4.20. The first-order valence-electron chi connectivity index (χ1n) is 9.16. The zero-order valence-corrected chi connectivity index (χ0v) is 15.9. The first-order valence-corrected chi connectivity index (χ1v) is 9.16. The minimum Gasteiger partial charge on any atom is -0.489 e. The molecule has 0 saturated heterocycles. The van der Waals surface area contributed by atoms with E-state index in [0.717, 1.165) is 16.9 Å². The van der Waals surface area contributed by atoms with Crippen LogP contribution in [0.5, 0.6) is 11.5 Å². The van der Waals surface area contributed by atoms with Crippen LogP contribution in [0.25, 0.3) is 5.95 Å². The number of nitrogens with zero attached hydrogens (tertiary/aromatic N) is 4. The lowest BCUT2D eigenvalue weighted by atomic mass is 10.2. The highest BCUT2D eigenvalue weighted by atomic mass is 16.5. The van der Waals surface area contributed by atoms with Crippen molar-refractivity contribution in [2.75, 3.05) is 0 Å². The number of hydrogen-bond acceptors (Lipinski definition) is 6. The van der Waals surface area contributed by atoms with E-state index < -0.39 is 5.97 Å². The average molecular weight is 402 g/mol. The molecule has 0 aliphatic heterocycles. The van der Waals surface area contributed by atoms with E-state index in [1.165, 1.54) is 29.5 Å². The number of aromatic carboxylic acids is 1. The molecule has 0 unspecified atom stereocenters. The summed E-state index contributed by atoms with van der Waals surface area (Å²) in [5.41, 5.74) is 2.11. The zero-order valence-electron chi connectivity index (χ0n) is 15.9. The van der Waals surface area contributed by atoms with Crippen LogP contribution in [-0.2, 0) is 13.2 Å².